The zero-order valence-electron chi connectivity index (χ0n) is 16.1. The number of carbonyl (C=O) groups is 2. The molecule has 0 aliphatic heterocycles. The summed E-state index contributed by atoms with van der Waals surface area (Å²) in [5.41, 5.74) is -0.107. The summed E-state index contributed by atoms with van der Waals surface area (Å²) in [7, 11) is 0. The zero-order chi connectivity index (χ0) is 21.9. The molecule has 2 heterocycles. The van der Waals surface area contributed by atoms with Crippen LogP contribution in [0.25, 0.3) is 11.4 Å². The number of alkyl halides is 3. The summed E-state index contributed by atoms with van der Waals surface area (Å²) in [5.74, 6) is -0.873. The number of ketones is 1. The number of aromatic nitrogens is 2. The number of aryl methyl sites for hydroxylation is 2. The average molecular weight is 438 g/mol. The molecule has 1 aromatic carbocycles. The smallest absolute Gasteiger partial charge is 0.416 e. The van der Waals surface area contributed by atoms with Gasteiger partial charge in [0.25, 0.3) is 5.89 Å². The maximum Gasteiger partial charge on any atom is 0.416 e. The largest absolute Gasteiger partial charge is 0.456 e. The number of rotatable bonds is 7. The fourth-order valence-corrected chi connectivity index (χ4v) is 3.68. The number of nitrogens with zero attached hydrogens (tertiary/aromatic N) is 2. The van der Waals surface area contributed by atoms with Crippen LogP contribution in [0.5, 0.6) is 0 Å². The standard InChI is InChI=1S/C20H17F3N2O4S/c1-11-8-15(12(2)30-11)16(26)6-7-18(27)28-10-17-24-19(25-29-17)13-4-3-5-14(9-13)20(21,22)23/h3-5,8-9H,6-7,10H2,1-2H3. The van der Waals surface area contributed by atoms with E-state index in [1.807, 2.05) is 13.8 Å². The van der Waals surface area contributed by atoms with Crippen LogP contribution in [-0.2, 0) is 22.3 Å². The van der Waals surface area contributed by atoms with Crippen LogP contribution < -0.4 is 0 Å². The molecule has 0 N–H and O–H groups in total. The van der Waals surface area contributed by atoms with Crippen molar-refractivity contribution in [1.82, 2.24) is 10.1 Å². The lowest BCUT2D eigenvalue weighted by Gasteiger charge is -2.06. The van der Waals surface area contributed by atoms with Crippen LogP contribution in [0.15, 0.2) is 34.9 Å². The Morgan fingerprint density at radius 1 is 1.17 bits per heavy atom. The second-order valence-corrected chi connectivity index (χ2v) is 7.96. The van der Waals surface area contributed by atoms with Crippen LogP contribution in [0.4, 0.5) is 13.2 Å². The molecule has 0 radical (unpaired) electrons. The van der Waals surface area contributed by atoms with E-state index in [4.69, 9.17) is 9.26 Å². The molecule has 30 heavy (non-hydrogen) atoms. The SMILES string of the molecule is Cc1cc(C(=O)CCC(=O)OCc2nc(-c3cccc(C(F)(F)F)c3)no2)c(C)s1. The molecule has 0 unspecified atom stereocenters. The van der Waals surface area contributed by atoms with Crippen molar-refractivity contribution in [3.05, 3.63) is 57.1 Å². The minimum atomic E-state index is -4.49. The van der Waals surface area contributed by atoms with Gasteiger partial charge in [0.2, 0.25) is 5.82 Å². The molecule has 3 rings (SSSR count). The Kier molecular flexibility index (Phi) is 6.35. The third kappa shape index (κ3) is 5.32. The molecule has 0 aliphatic carbocycles. The van der Waals surface area contributed by atoms with Crippen LogP contribution in [0, 0.1) is 13.8 Å². The molecular formula is C20H17F3N2O4S. The fraction of sp³-hybridized carbons (Fsp3) is 0.300. The summed E-state index contributed by atoms with van der Waals surface area (Å²) in [4.78, 5) is 29.9. The van der Waals surface area contributed by atoms with Crippen LogP contribution in [0.3, 0.4) is 0 Å². The van der Waals surface area contributed by atoms with Gasteiger partial charge in [-0.15, -0.1) is 11.3 Å². The van der Waals surface area contributed by atoms with E-state index < -0.39 is 17.7 Å². The number of esters is 1. The summed E-state index contributed by atoms with van der Waals surface area (Å²) in [5, 5.41) is 3.62. The first kappa shape index (κ1) is 21.7. The highest BCUT2D eigenvalue weighted by Gasteiger charge is 2.30. The van der Waals surface area contributed by atoms with E-state index in [0.29, 0.717) is 5.56 Å². The van der Waals surface area contributed by atoms with E-state index in [-0.39, 0.29) is 42.5 Å². The van der Waals surface area contributed by atoms with Gasteiger partial charge in [-0.25, -0.2) is 0 Å². The number of carbonyl (C=O) groups excluding carboxylic acids is 2. The van der Waals surface area contributed by atoms with E-state index >= 15 is 0 Å². The Hall–Kier alpha value is -3.01. The van der Waals surface area contributed by atoms with Crippen LogP contribution in [0.1, 0.15) is 44.4 Å². The highest BCUT2D eigenvalue weighted by atomic mass is 32.1. The molecule has 0 saturated heterocycles. The molecule has 0 saturated carbocycles. The van der Waals surface area contributed by atoms with Crippen molar-refractivity contribution in [2.24, 2.45) is 0 Å². The van der Waals surface area contributed by atoms with E-state index in [0.717, 1.165) is 21.9 Å². The molecule has 6 nitrogen and oxygen atoms in total. The van der Waals surface area contributed by atoms with E-state index in [1.54, 1.807) is 6.07 Å². The fourth-order valence-electron chi connectivity index (χ4n) is 2.74. The Morgan fingerprint density at radius 3 is 2.60 bits per heavy atom. The van der Waals surface area contributed by atoms with Gasteiger partial charge in [-0.3, -0.25) is 9.59 Å². The predicted molar refractivity (Wildman–Crippen MR) is 102 cm³/mol. The second kappa shape index (κ2) is 8.78. The van der Waals surface area contributed by atoms with Gasteiger partial charge in [-0.05, 0) is 32.0 Å². The van der Waals surface area contributed by atoms with Gasteiger partial charge in [0, 0.05) is 27.3 Å². The van der Waals surface area contributed by atoms with Gasteiger partial charge in [0.15, 0.2) is 12.4 Å². The Labute approximate surface area is 173 Å². The number of thiophene rings is 1. The summed E-state index contributed by atoms with van der Waals surface area (Å²) >= 11 is 1.51. The van der Waals surface area contributed by atoms with Crippen molar-refractivity contribution in [1.29, 1.82) is 0 Å². The van der Waals surface area contributed by atoms with Gasteiger partial charge < -0.3 is 9.26 Å². The summed E-state index contributed by atoms with van der Waals surface area (Å²) in [6.45, 7) is 3.41. The lowest BCUT2D eigenvalue weighted by atomic mass is 10.1. The lowest BCUT2D eigenvalue weighted by Crippen LogP contribution is -2.08. The Balaban J connectivity index is 1.53. The number of Topliss-reactive ketones (excluding diaryl/α,β-unsaturated/α-hetero) is 1. The van der Waals surface area contributed by atoms with Crippen molar-refractivity contribution in [2.45, 2.75) is 39.5 Å². The number of hydrogen-bond acceptors (Lipinski definition) is 7. The summed E-state index contributed by atoms with van der Waals surface area (Å²) in [6.07, 6.45) is -4.59. The number of halogens is 3. The maximum atomic E-state index is 12.8. The summed E-state index contributed by atoms with van der Waals surface area (Å²) < 4.78 is 48.4. The van der Waals surface area contributed by atoms with Crippen LogP contribution >= 0.6 is 11.3 Å². The van der Waals surface area contributed by atoms with Gasteiger partial charge in [0.05, 0.1) is 12.0 Å². The minimum Gasteiger partial charge on any atom is -0.456 e. The third-order valence-corrected chi connectivity index (χ3v) is 5.14. The van der Waals surface area contributed by atoms with Crippen molar-refractivity contribution >= 4 is 23.1 Å². The average Bonchev–Trinajstić information content (AvgIpc) is 3.30. The van der Waals surface area contributed by atoms with Gasteiger partial charge in [0.1, 0.15) is 0 Å². The normalized spacial score (nSPS) is 11.5. The number of benzene rings is 1. The highest BCUT2D eigenvalue weighted by molar-refractivity contribution is 7.12. The van der Waals surface area contributed by atoms with Crippen molar-refractivity contribution in [3.8, 4) is 11.4 Å². The molecular weight excluding hydrogens is 421 g/mol. The first-order chi connectivity index (χ1) is 14.1. The van der Waals surface area contributed by atoms with Gasteiger partial charge in [-0.1, -0.05) is 17.3 Å². The maximum absolute atomic E-state index is 12.8. The molecule has 0 atom stereocenters. The molecule has 10 heteroatoms. The number of hydrogen-bond donors (Lipinski definition) is 0. The second-order valence-electron chi connectivity index (χ2n) is 6.50. The Morgan fingerprint density at radius 2 is 1.93 bits per heavy atom. The molecule has 0 aliphatic rings. The zero-order valence-corrected chi connectivity index (χ0v) is 16.9. The molecule has 158 valence electrons. The predicted octanol–water partition coefficient (Wildman–Crippen LogP) is 5.14. The van der Waals surface area contributed by atoms with E-state index in [2.05, 4.69) is 10.1 Å². The van der Waals surface area contributed by atoms with E-state index in [1.165, 1.54) is 23.5 Å². The molecule has 2 aromatic heterocycles. The minimum absolute atomic E-state index is 0.00909. The molecule has 0 spiro atoms. The van der Waals surface area contributed by atoms with Crippen molar-refractivity contribution < 1.29 is 32.0 Å². The monoisotopic (exact) mass is 438 g/mol. The quantitative estimate of drug-likeness (QED) is 0.375. The van der Waals surface area contributed by atoms with Gasteiger partial charge >= 0.3 is 12.1 Å². The van der Waals surface area contributed by atoms with Crippen molar-refractivity contribution in [2.75, 3.05) is 0 Å². The highest BCUT2D eigenvalue weighted by Crippen LogP contribution is 2.31. The molecule has 3 aromatic rings. The number of ether oxygens (including phenoxy) is 1. The van der Waals surface area contributed by atoms with Crippen LogP contribution in [-0.4, -0.2) is 21.9 Å². The lowest BCUT2D eigenvalue weighted by molar-refractivity contribution is -0.145. The van der Waals surface area contributed by atoms with Crippen molar-refractivity contribution in [3.63, 3.8) is 0 Å². The molecule has 0 amide bonds. The first-order valence-corrected chi connectivity index (χ1v) is 9.71. The summed E-state index contributed by atoms with van der Waals surface area (Å²) in [6, 6.07) is 6.28. The van der Waals surface area contributed by atoms with Gasteiger partial charge in [-0.2, -0.15) is 18.2 Å². The molecule has 0 bridgehead atoms. The third-order valence-electron chi connectivity index (χ3n) is 4.17. The van der Waals surface area contributed by atoms with Crippen LogP contribution in [0.2, 0.25) is 0 Å². The topological polar surface area (TPSA) is 82.3 Å². The van der Waals surface area contributed by atoms with E-state index in [9.17, 15) is 22.8 Å². The Bertz CT molecular complexity index is 1070. The molecule has 0 fully saturated rings. The first-order valence-electron chi connectivity index (χ1n) is 8.89.